The fourth-order valence-corrected chi connectivity index (χ4v) is 3.54. The Labute approximate surface area is 199 Å². The van der Waals surface area contributed by atoms with E-state index in [9.17, 15) is 9.90 Å². The summed E-state index contributed by atoms with van der Waals surface area (Å²) in [4.78, 5) is 27.3. The summed E-state index contributed by atoms with van der Waals surface area (Å²) in [5, 5.41) is 13.0. The molecule has 180 valence electrons. The number of nitrogens with one attached hydrogen (secondary N) is 1. The largest absolute Gasteiger partial charge is 0.496 e. The number of aromatic nitrogens is 3. The van der Waals surface area contributed by atoms with E-state index in [1.54, 1.807) is 31.5 Å². The van der Waals surface area contributed by atoms with Gasteiger partial charge in [0.05, 0.1) is 19.8 Å². The van der Waals surface area contributed by atoms with Gasteiger partial charge < -0.3 is 24.8 Å². The zero-order valence-corrected chi connectivity index (χ0v) is 20.4. The number of nitrogens with zero attached hydrogens (tertiary/aromatic N) is 4. The molecule has 1 aromatic carbocycles. The Balaban J connectivity index is 1.87. The van der Waals surface area contributed by atoms with Gasteiger partial charge in [0.1, 0.15) is 23.4 Å². The van der Waals surface area contributed by atoms with Crippen molar-refractivity contribution in [1.29, 1.82) is 0 Å². The lowest BCUT2D eigenvalue weighted by molar-refractivity contribution is -0.137. The van der Waals surface area contributed by atoms with Gasteiger partial charge in [-0.05, 0) is 24.1 Å². The fraction of sp³-hybridized carbons (Fsp3) is 0.360. The van der Waals surface area contributed by atoms with E-state index in [1.165, 1.54) is 0 Å². The second-order valence-corrected chi connectivity index (χ2v) is 8.34. The molecule has 2 heterocycles. The average molecular weight is 466 g/mol. The lowest BCUT2D eigenvalue weighted by atomic mass is 10.0. The number of carbonyl (C=O) groups is 1. The molecule has 0 saturated heterocycles. The van der Waals surface area contributed by atoms with Crippen molar-refractivity contribution in [2.75, 3.05) is 38.5 Å². The topological polar surface area (TPSA) is 110 Å². The number of rotatable bonds is 10. The Bertz CT molecular complexity index is 1110. The van der Waals surface area contributed by atoms with Crippen molar-refractivity contribution in [3.8, 4) is 22.6 Å². The first-order valence-corrected chi connectivity index (χ1v) is 10.9. The van der Waals surface area contributed by atoms with Gasteiger partial charge in [0.25, 0.3) is 0 Å². The predicted molar refractivity (Wildman–Crippen MR) is 132 cm³/mol. The summed E-state index contributed by atoms with van der Waals surface area (Å²) < 4.78 is 11.0. The molecular weight excluding hydrogens is 434 g/mol. The first kappa shape index (κ1) is 24.8. The molecule has 3 aromatic rings. The first-order valence-electron chi connectivity index (χ1n) is 10.9. The van der Waals surface area contributed by atoms with Crippen LogP contribution in [0.3, 0.4) is 0 Å². The Hall–Kier alpha value is -3.88. The number of benzene rings is 1. The van der Waals surface area contributed by atoms with Crippen molar-refractivity contribution in [1.82, 2.24) is 15.0 Å². The molecule has 0 aliphatic carbocycles. The molecule has 9 heteroatoms. The van der Waals surface area contributed by atoms with E-state index in [-0.39, 0.29) is 12.3 Å². The van der Waals surface area contributed by atoms with Gasteiger partial charge in [-0.3, -0.25) is 4.98 Å². The molecule has 2 N–H and O–H groups in total. The number of hydrogen-bond donors (Lipinski definition) is 2. The van der Waals surface area contributed by atoms with Crippen molar-refractivity contribution in [2.24, 2.45) is 0 Å². The van der Waals surface area contributed by atoms with E-state index in [4.69, 9.17) is 9.47 Å². The van der Waals surface area contributed by atoms with Crippen molar-refractivity contribution in [3.63, 3.8) is 0 Å². The van der Waals surface area contributed by atoms with Crippen LogP contribution in [0.1, 0.15) is 31.0 Å². The van der Waals surface area contributed by atoms with Crippen LogP contribution in [0.4, 0.5) is 11.8 Å². The molecule has 0 saturated carbocycles. The molecule has 0 amide bonds. The molecule has 0 bridgehead atoms. The molecule has 0 fully saturated rings. The minimum atomic E-state index is -0.989. The highest BCUT2D eigenvalue weighted by molar-refractivity contribution is 5.78. The number of pyridine rings is 1. The molecule has 2 aromatic heterocycles. The molecule has 3 rings (SSSR count). The summed E-state index contributed by atoms with van der Waals surface area (Å²) in [6.45, 7) is 4.03. The normalized spacial score (nSPS) is 11.7. The molecule has 1 atom stereocenters. The quantitative estimate of drug-likeness (QED) is 0.461. The summed E-state index contributed by atoms with van der Waals surface area (Å²) in [6.07, 6.45) is 3.61. The third-order valence-corrected chi connectivity index (χ3v) is 5.39. The average Bonchev–Trinajstić information content (AvgIpc) is 2.83. The molecule has 0 unspecified atom stereocenters. The monoisotopic (exact) mass is 465 g/mol. The van der Waals surface area contributed by atoms with Gasteiger partial charge in [-0.15, -0.1) is 0 Å². The summed E-state index contributed by atoms with van der Waals surface area (Å²) in [5.41, 5.74) is 3.08. The summed E-state index contributed by atoms with van der Waals surface area (Å²) >= 11 is 0. The number of aliphatic carboxylic acids is 1. The van der Waals surface area contributed by atoms with E-state index in [2.05, 4.69) is 20.3 Å². The SMILES string of the molecule is COc1cccc(OC)c1-c1ccc(C[C@H](Nc2nc(N(C)C)ncc2C(C)C)C(=O)O)nc1. The Morgan fingerprint density at radius 3 is 2.24 bits per heavy atom. The van der Waals surface area contributed by atoms with E-state index in [0.29, 0.717) is 29.0 Å². The number of methoxy groups -OCH3 is 2. The van der Waals surface area contributed by atoms with Gasteiger partial charge in [0.15, 0.2) is 0 Å². The number of anilines is 2. The van der Waals surface area contributed by atoms with Crippen molar-refractivity contribution in [2.45, 2.75) is 32.2 Å². The second-order valence-electron chi connectivity index (χ2n) is 8.34. The Morgan fingerprint density at radius 2 is 1.74 bits per heavy atom. The number of ether oxygens (including phenoxy) is 2. The Morgan fingerprint density at radius 1 is 1.06 bits per heavy atom. The molecule has 0 spiro atoms. The predicted octanol–water partition coefficient (Wildman–Crippen LogP) is 3.85. The number of carboxylic acids is 1. The highest BCUT2D eigenvalue weighted by Crippen LogP contribution is 2.37. The fourth-order valence-electron chi connectivity index (χ4n) is 3.54. The minimum absolute atomic E-state index is 0.126. The van der Waals surface area contributed by atoms with Gasteiger partial charge in [-0.1, -0.05) is 26.0 Å². The van der Waals surface area contributed by atoms with Crippen LogP contribution < -0.4 is 19.7 Å². The van der Waals surface area contributed by atoms with Gasteiger partial charge in [0.2, 0.25) is 5.95 Å². The smallest absolute Gasteiger partial charge is 0.326 e. The molecular formula is C25H31N5O4. The van der Waals surface area contributed by atoms with Crippen LogP contribution in [-0.2, 0) is 11.2 Å². The van der Waals surface area contributed by atoms with Crippen LogP contribution in [0.5, 0.6) is 11.5 Å². The lowest BCUT2D eigenvalue weighted by Gasteiger charge is -2.20. The standard InChI is InChI=1S/C25H31N5O4/c1-15(2)18-14-27-25(30(3)4)29-23(18)28-19(24(31)32)12-17-11-10-16(13-26-17)22-20(33-5)8-7-9-21(22)34-6/h7-11,13-15,19H,12H2,1-6H3,(H,31,32)(H,27,28,29)/t19-/m0/s1. The van der Waals surface area contributed by atoms with Crippen molar-refractivity contribution in [3.05, 3.63) is 54.0 Å². The zero-order chi connectivity index (χ0) is 24.8. The number of hydrogen-bond acceptors (Lipinski definition) is 8. The maximum absolute atomic E-state index is 12.1. The van der Waals surface area contributed by atoms with E-state index >= 15 is 0 Å². The van der Waals surface area contributed by atoms with Gasteiger partial charge in [-0.2, -0.15) is 4.98 Å². The summed E-state index contributed by atoms with van der Waals surface area (Å²) in [6, 6.07) is 8.34. The van der Waals surface area contributed by atoms with Crippen LogP contribution >= 0.6 is 0 Å². The molecule has 0 radical (unpaired) electrons. The minimum Gasteiger partial charge on any atom is -0.496 e. The first-order chi connectivity index (χ1) is 16.2. The molecule has 34 heavy (non-hydrogen) atoms. The van der Waals surface area contributed by atoms with Crippen LogP contribution in [0.25, 0.3) is 11.1 Å². The van der Waals surface area contributed by atoms with Crippen molar-refractivity contribution < 1.29 is 19.4 Å². The van der Waals surface area contributed by atoms with Crippen LogP contribution in [0.15, 0.2) is 42.7 Å². The van der Waals surface area contributed by atoms with Crippen molar-refractivity contribution >= 4 is 17.7 Å². The van der Waals surface area contributed by atoms with Crippen LogP contribution in [0, 0.1) is 0 Å². The van der Waals surface area contributed by atoms with Gasteiger partial charge in [0, 0.05) is 49.7 Å². The van der Waals surface area contributed by atoms with Gasteiger partial charge >= 0.3 is 5.97 Å². The highest BCUT2D eigenvalue weighted by atomic mass is 16.5. The van der Waals surface area contributed by atoms with E-state index in [0.717, 1.165) is 16.7 Å². The lowest BCUT2D eigenvalue weighted by Crippen LogP contribution is -2.33. The second kappa shape index (κ2) is 10.8. The third kappa shape index (κ3) is 5.54. The van der Waals surface area contributed by atoms with Gasteiger partial charge in [-0.25, -0.2) is 9.78 Å². The van der Waals surface area contributed by atoms with E-state index in [1.807, 2.05) is 58.3 Å². The third-order valence-electron chi connectivity index (χ3n) is 5.39. The zero-order valence-electron chi connectivity index (χ0n) is 20.4. The number of carboxylic acid groups (broad SMARTS) is 1. The van der Waals surface area contributed by atoms with Crippen LogP contribution in [-0.4, -0.2) is 60.4 Å². The Kier molecular flexibility index (Phi) is 7.88. The summed E-state index contributed by atoms with van der Waals surface area (Å²) in [5.74, 6) is 1.49. The molecule has 0 aliphatic heterocycles. The highest BCUT2D eigenvalue weighted by Gasteiger charge is 2.22. The maximum Gasteiger partial charge on any atom is 0.326 e. The van der Waals surface area contributed by atoms with E-state index < -0.39 is 12.0 Å². The van der Waals surface area contributed by atoms with Crippen LogP contribution in [0.2, 0.25) is 0 Å². The summed E-state index contributed by atoms with van der Waals surface area (Å²) in [7, 11) is 6.88. The maximum atomic E-state index is 12.1. The molecule has 0 aliphatic rings. The molecule has 9 nitrogen and oxygen atoms in total.